The van der Waals surface area contributed by atoms with Crippen molar-refractivity contribution in [2.75, 3.05) is 19.5 Å². The first-order valence-corrected chi connectivity index (χ1v) is 8.23. The van der Waals surface area contributed by atoms with Gasteiger partial charge in [0, 0.05) is 23.9 Å². The monoisotopic (exact) mass is 367 g/mol. The van der Waals surface area contributed by atoms with Crippen LogP contribution in [0.25, 0.3) is 5.76 Å². The lowest BCUT2D eigenvalue weighted by Gasteiger charge is -2.17. The smallest absolute Gasteiger partial charge is 0.343 e. The summed E-state index contributed by atoms with van der Waals surface area (Å²) in [6.07, 6.45) is 0. The Labute approximate surface area is 156 Å². The summed E-state index contributed by atoms with van der Waals surface area (Å²) in [6.45, 7) is 0. The van der Waals surface area contributed by atoms with Crippen molar-refractivity contribution in [2.24, 2.45) is 5.10 Å². The SMILES string of the molecule is COC(=O)C1=C(O)c2ccccc2/C1=N/N(C)C(=S)Nc1ccccc1. The van der Waals surface area contributed by atoms with Crippen LogP contribution in [0.2, 0.25) is 0 Å². The number of hydrogen-bond donors (Lipinski definition) is 2. The molecular weight excluding hydrogens is 350 g/mol. The van der Waals surface area contributed by atoms with Gasteiger partial charge in [-0.2, -0.15) is 5.10 Å². The molecule has 2 aromatic carbocycles. The molecule has 0 amide bonds. The Hall–Kier alpha value is -3.19. The minimum absolute atomic E-state index is 0.0167. The number of aliphatic hydroxyl groups is 1. The average Bonchev–Trinajstić information content (AvgIpc) is 2.94. The molecule has 0 spiro atoms. The maximum atomic E-state index is 12.2. The summed E-state index contributed by atoms with van der Waals surface area (Å²) in [4.78, 5) is 12.2. The number of thiocarbonyl (C=S) groups is 1. The highest BCUT2D eigenvalue weighted by Gasteiger charge is 2.33. The van der Waals surface area contributed by atoms with Crippen molar-refractivity contribution in [3.8, 4) is 0 Å². The highest BCUT2D eigenvalue weighted by Crippen LogP contribution is 2.32. The summed E-state index contributed by atoms with van der Waals surface area (Å²) in [6, 6.07) is 16.5. The molecule has 132 valence electrons. The molecule has 1 aliphatic carbocycles. The van der Waals surface area contributed by atoms with Crippen molar-refractivity contribution in [2.45, 2.75) is 0 Å². The number of anilines is 1. The van der Waals surface area contributed by atoms with Gasteiger partial charge in [0.15, 0.2) is 5.11 Å². The molecule has 2 N–H and O–H groups in total. The number of fused-ring (bicyclic) bond motifs is 1. The Morgan fingerprint density at radius 1 is 1.12 bits per heavy atom. The van der Waals surface area contributed by atoms with E-state index < -0.39 is 5.97 Å². The summed E-state index contributed by atoms with van der Waals surface area (Å²) in [5.41, 5.74) is 2.32. The summed E-state index contributed by atoms with van der Waals surface area (Å²) < 4.78 is 4.80. The van der Waals surface area contributed by atoms with Crippen LogP contribution in [0.15, 0.2) is 65.3 Å². The predicted octanol–water partition coefficient (Wildman–Crippen LogP) is 3.18. The molecular formula is C19H17N3O3S. The van der Waals surface area contributed by atoms with Crippen molar-refractivity contribution in [3.63, 3.8) is 0 Å². The lowest BCUT2D eigenvalue weighted by molar-refractivity contribution is -0.135. The summed E-state index contributed by atoms with van der Waals surface area (Å²) >= 11 is 5.37. The molecule has 0 unspecified atom stereocenters. The van der Waals surface area contributed by atoms with Crippen LogP contribution in [0.4, 0.5) is 5.69 Å². The van der Waals surface area contributed by atoms with Crippen molar-refractivity contribution in [1.82, 2.24) is 5.01 Å². The fraction of sp³-hybridized carbons (Fsp3) is 0.105. The lowest BCUT2D eigenvalue weighted by atomic mass is 10.1. The van der Waals surface area contributed by atoms with Crippen LogP contribution in [0, 0.1) is 0 Å². The van der Waals surface area contributed by atoms with Crippen molar-refractivity contribution < 1.29 is 14.6 Å². The Morgan fingerprint density at radius 3 is 2.38 bits per heavy atom. The van der Waals surface area contributed by atoms with E-state index in [0.717, 1.165) is 5.69 Å². The van der Waals surface area contributed by atoms with Crippen LogP contribution in [-0.4, -0.2) is 41.1 Å². The number of hydrogen-bond acceptors (Lipinski definition) is 5. The van der Waals surface area contributed by atoms with E-state index in [-0.39, 0.29) is 11.3 Å². The first kappa shape index (κ1) is 17.6. The third-order valence-electron chi connectivity index (χ3n) is 3.87. The van der Waals surface area contributed by atoms with Crippen LogP contribution in [0.3, 0.4) is 0 Å². The molecule has 0 aliphatic heterocycles. The number of para-hydroxylation sites is 1. The largest absolute Gasteiger partial charge is 0.506 e. The third-order valence-corrected chi connectivity index (χ3v) is 4.24. The van der Waals surface area contributed by atoms with Crippen molar-refractivity contribution >= 4 is 40.5 Å². The number of ether oxygens (including phenoxy) is 1. The van der Waals surface area contributed by atoms with Gasteiger partial charge < -0.3 is 15.2 Å². The highest BCUT2D eigenvalue weighted by molar-refractivity contribution is 7.80. The van der Waals surface area contributed by atoms with E-state index in [4.69, 9.17) is 17.0 Å². The zero-order valence-electron chi connectivity index (χ0n) is 14.3. The van der Waals surface area contributed by atoms with Crippen LogP contribution >= 0.6 is 12.2 Å². The second-order valence-corrected chi connectivity index (χ2v) is 5.92. The number of benzene rings is 2. The number of nitrogens with one attached hydrogen (secondary N) is 1. The summed E-state index contributed by atoms with van der Waals surface area (Å²) in [5, 5.41) is 19.7. The van der Waals surface area contributed by atoms with Crippen LogP contribution in [0.5, 0.6) is 0 Å². The van der Waals surface area contributed by atoms with E-state index in [1.165, 1.54) is 12.1 Å². The van der Waals surface area contributed by atoms with Gasteiger partial charge in [-0.3, -0.25) is 0 Å². The molecule has 2 aromatic rings. The Bertz CT molecular complexity index is 923. The fourth-order valence-electron chi connectivity index (χ4n) is 2.60. The molecule has 1 aliphatic rings. The molecule has 7 heteroatoms. The first-order chi connectivity index (χ1) is 12.5. The zero-order chi connectivity index (χ0) is 18.7. The van der Waals surface area contributed by atoms with E-state index in [0.29, 0.717) is 22.0 Å². The molecule has 26 heavy (non-hydrogen) atoms. The maximum absolute atomic E-state index is 12.2. The van der Waals surface area contributed by atoms with Crippen LogP contribution < -0.4 is 5.32 Å². The quantitative estimate of drug-likeness (QED) is 0.493. The normalized spacial score (nSPS) is 14.2. The summed E-state index contributed by atoms with van der Waals surface area (Å²) in [7, 11) is 2.92. The number of aliphatic hydroxyl groups excluding tert-OH is 1. The van der Waals surface area contributed by atoms with Gasteiger partial charge in [0.25, 0.3) is 0 Å². The van der Waals surface area contributed by atoms with Gasteiger partial charge in [-0.05, 0) is 24.4 Å². The average molecular weight is 367 g/mol. The minimum atomic E-state index is -0.659. The van der Waals surface area contributed by atoms with Gasteiger partial charge in [0.2, 0.25) is 0 Å². The maximum Gasteiger partial charge on any atom is 0.343 e. The molecule has 0 bridgehead atoms. The number of carbonyl (C=O) groups is 1. The van der Waals surface area contributed by atoms with Gasteiger partial charge in [-0.15, -0.1) is 0 Å². The second kappa shape index (κ2) is 7.37. The van der Waals surface area contributed by atoms with E-state index in [9.17, 15) is 9.90 Å². The molecule has 0 heterocycles. The molecule has 0 fully saturated rings. The van der Waals surface area contributed by atoms with Gasteiger partial charge in [-0.1, -0.05) is 42.5 Å². The molecule has 0 saturated carbocycles. The molecule has 0 aromatic heterocycles. The van der Waals surface area contributed by atoms with Gasteiger partial charge in [-0.25, -0.2) is 9.80 Å². The molecule has 0 radical (unpaired) electrons. The van der Waals surface area contributed by atoms with E-state index in [1.807, 2.05) is 36.4 Å². The number of rotatable bonds is 3. The van der Waals surface area contributed by atoms with Gasteiger partial charge >= 0.3 is 5.97 Å². The van der Waals surface area contributed by atoms with Gasteiger partial charge in [0.05, 0.1) is 7.11 Å². The number of carbonyl (C=O) groups excluding carboxylic acids is 1. The first-order valence-electron chi connectivity index (χ1n) is 7.83. The zero-order valence-corrected chi connectivity index (χ0v) is 15.1. The van der Waals surface area contributed by atoms with Crippen molar-refractivity contribution in [3.05, 3.63) is 71.3 Å². The molecule has 0 saturated heterocycles. The third kappa shape index (κ3) is 3.29. The Morgan fingerprint density at radius 2 is 1.73 bits per heavy atom. The topological polar surface area (TPSA) is 74.2 Å². The molecule has 3 rings (SSSR count). The minimum Gasteiger partial charge on any atom is -0.506 e. The number of esters is 1. The highest BCUT2D eigenvalue weighted by atomic mass is 32.1. The molecule has 0 atom stereocenters. The Balaban J connectivity index is 1.94. The number of hydrazone groups is 1. The predicted molar refractivity (Wildman–Crippen MR) is 105 cm³/mol. The van der Waals surface area contributed by atoms with Crippen molar-refractivity contribution in [1.29, 1.82) is 0 Å². The van der Waals surface area contributed by atoms with E-state index in [2.05, 4.69) is 10.4 Å². The van der Waals surface area contributed by atoms with Crippen LogP contribution in [-0.2, 0) is 9.53 Å². The second-order valence-electron chi connectivity index (χ2n) is 5.53. The standard InChI is InChI=1S/C19H17N3O3S/c1-22(19(26)20-12-8-4-3-5-9-12)21-16-13-10-6-7-11-14(13)17(23)15(16)18(24)25-2/h3-11,23H,1-2H3,(H,20,26)/b21-16-. The van der Waals surface area contributed by atoms with Gasteiger partial charge in [0.1, 0.15) is 17.0 Å². The fourth-order valence-corrected chi connectivity index (χ4v) is 2.76. The molecule has 6 nitrogen and oxygen atoms in total. The van der Waals surface area contributed by atoms with Crippen LogP contribution in [0.1, 0.15) is 11.1 Å². The number of nitrogens with zero attached hydrogens (tertiary/aromatic N) is 2. The van der Waals surface area contributed by atoms with E-state index in [1.54, 1.807) is 25.2 Å². The lowest BCUT2D eigenvalue weighted by Crippen LogP contribution is -2.28. The number of methoxy groups -OCH3 is 1. The summed E-state index contributed by atoms with van der Waals surface area (Å²) in [5.74, 6) is -0.811. The Kier molecular flexibility index (Phi) is 4.99. The van der Waals surface area contributed by atoms with E-state index >= 15 is 0 Å².